The van der Waals surface area contributed by atoms with Gasteiger partial charge in [0.05, 0.1) is 6.61 Å². The van der Waals surface area contributed by atoms with E-state index < -0.39 is 28.6 Å². The zero-order valence-electron chi connectivity index (χ0n) is 9.12. The monoisotopic (exact) mass is 226 g/mol. The van der Waals surface area contributed by atoms with Gasteiger partial charge in [-0.2, -0.15) is 0 Å². The lowest BCUT2D eigenvalue weighted by atomic mass is 9.75. The van der Waals surface area contributed by atoms with Crippen molar-refractivity contribution in [2.75, 3.05) is 6.61 Å². The van der Waals surface area contributed by atoms with Crippen molar-refractivity contribution < 1.29 is 24.2 Å². The Morgan fingerprint density at radius 3 is 2.31 bits per heavy atom. The SMILES string of the molecule is CCOC(=O)C1(O)CCC2(CC2)C(=O)C1=O. The predicted molar refractivity (Wildman–Crippen MR) is 52.5 cm³/mol. The molecule has 0 heterocycles. The van der Waals surface area contributed by atoms with E-state index in [0.29, 0.717) is 19.3 Å². The Morgan fingerprint density at radius 1 is 1.25 bits per heavy atom. The molecule has 88 valence electrons. The van der Waals surface area contributed by atoms with Crippen LogP contribution in [0.25, 0.3) is 0 Å². The molecule has 0 saturated heterocycles. The fourth-order valence-corrected chi connectivity index (χ4v) is 2.15. The van der Waals surface area contributed by atoms with Crippen LogP contribution in [-0.2, 0) is 19.1 Å². The van der Waals surface area contributed by atoms with Crippen LogP contribution in [0.15, 0.2) is 0 Å². The standard InChI is InChI=1S/C11H14O5/c1-2-16-9(14)11(15)6-5-10(3-4-10)7(12)8(11)13/h15H,2-6H2,1H3. The molecule has 0 aromatic rings. The van der Waals surface area contributed by atoms with Gasteiger partial charge in [0.25, 0.3) is 0 Å². The van der Waals surface area contributed by atoms with Gasteiger partial charge in [0.1, 0.15) is 0 Å². The van der Waals surface area contributed by atoms with E-state index in [-0.39, 0.29) is 13.0 Å². The molecule has 16 heavy (non-hydrogen) atoms. The number of esters is 1. The molecule has 2 saturated carbocycles. The number of ketones is 2. The highest BCUT2D eigenvalue weighted by atomic mass is 16.5. The number of hydrogen-bond acceptors (Lipinski definition) is 5. The number of carbonyl (C=O) groups excluding carboxylic acids is 3. The van der Waals surface area contributed by atoms with E-state index in [0.717, 1.165) is 0 Å². The maximum atomic E-state index is 11.7. The number of rotatable bonds is 2. The van der Waals surface area contributed by atoms with Crippen molar-refractivity contribution in [1.82, 2.24) is 0 Å². The second kappa shape index (κ2) is 3.38. The minimum absolute atomic E-state index is 0.00356. The second-order valence-corrected chi connectivity index (χ2v) is 4.52. The first-order valence-corrected chi connectivity index (χ1v) is 5.45. The van der Waals surface area contributed by atoms with E-state index in [9.17, 15) is 19.5 Å². The van der Waals surface area contributed by atoms with Crippen LogP contribution in [-0.4, -0.2) is 34.9 Å². The van der Waals surface area contributed by atoms with Gasteiger partial charge in [-0.1, -0.05) is 0 Å². The molecule has 2 aliphatic rings. The van der Waals surface area contributed by atoms with Crippen molar-refractivity contribution in [2.24, 2.45) is 5.41 Å². The van der Waals surface area contributed by atoms with Crippen LogP contribution in [0.3, 0.4) is 0 Å². The second-order valence-electron chi connectivity index (χ2n) is 4.52. The van der Waals surface area contributed by atoms with E-state index in [4.69, 9.17) is 0 Å². The average Bonchev–Trinajstić information content (AvgIpc) is 3.03. The van der Waals surface area contributed by atoms with Crippen LogP contribution in [0.1, 0.15) is 32.6 Å². The van der Waals surface area contributed by atoms with Crippen molar-refractivity contribution in [3.8, 4) is 0 Å². The Morgan fingerprint density at radius 2 is 1.81 bits per heavy atom. The number of hydrogen-bond donors (Lipinski definition) is 1. The molecule has 0 bridgehead atoms. The van der Waals surface area contributed by atoms with Crippen LogP contribution in [0.2, 0.25) is 0 Å². The summed E-state index contributed by atoms with van der Waals surface area (Å²) in [5.74, 6) is -2.59. The Hall–Kier alpha value is -1.23. The summed E-state index contributed by atoms with van der Waals surface area (Å²) in [6.07, 6.45) is 1.77. The van der Waals surface area contributed by atoms with E-state index in [2.05, 4.69) is 4.74 Å². The lowest BCUT2D eigenvalue weighted by molar-refractivity contribution is -0.177. The van der Waals surface area contributed by atoms with Crippen LogP contribution >= 0.6 is 0 Å². The first kappa shape index (κ1) is 11.3. The zero-order chi connectivity index (χ0) is 12.0. The molecule has 1 N–H and O–H groups in total. The molecule has 0 aromatic heterocycles. The Balaban J connectivity index is 2.21. The first-order chi connectivity index (χ1) is 7.46. The van der Waals surface area contributed by atoms with Gasteiger partial charge in [-0.3, -0.25) is 9.59 Å². The topological polar surface area (TPSA) is 80.7 Å². The summed E-state index contributed by atoms with van der Waals surface area (Å²) in [5.41, 5.74) is -2.79. The molecular weight excluding hydrogens is 212 g/mol. The maximum absolute atomic E-state index is 11.7. The van der Waals surface area contributed by atoms with Gasteiger partial charge in [-0.25, -0.2) is 4.79 Å². The van der Waals surface area contributed by atoms with Gasteiger partial charge in [-0.05, 0) is 32.6 Å². The average molecular weight is 226 g/mol. The fraction of sp³-hybridized carbons (Fsp3) is 0.727. The maximum Gasteiger partial charge on any atom is 0.346 e. The summed E-state index contributed by atoms with van der Waals surface area (Å²) in [7, 11) is 0. The summed E-state index contributed by atoms with van der Waals surface area (Å²) in [6.45, 7) is 1.66. The number of Topliss-reactive ketones (excluding diaryl/α,β-unsaturated/α-hetero) is 2. The van der Waals surface area contributed by atoms with E-state index in [1.807, 2.05) is 0 Å². The highest BCUT2D eigenvalue weighted by Gasteiger charge is 2.63. The van der Waals surface area contributed by atoms with Gasteiger partial charge in [0.15, 0.2) is 0 Å². The predicted octanol–water partition coefficient (Wildman–Crippen LogP) is -0.00720. The lowest BCUT2D eigenvalue weighted by Crippen LogP contribution is -2.56. The molecule has 1 atom stereocenters. The van der Waals surface area contributed by atoms with Gasteiger partial charge in [-0.15, -0.1) is 0 Å². The van der Waals surface area contributed by atoms with E-state index in [1.54, 1.807) is 6.92 Å². The molecule has 5 nitrogen and oxygen atoms in total. The molecule has 0 radical (unpaired) electrons. The third-order valence-corrected chi connectivity index (χ3v) is 3.50. The van der Waals surface area contributed by atoms with Crippen molar-refractivity contribution in [1.29, 1.82) is 0 Å². The van der Waals surface area contributed by atoms with Gasteiger partial charge in [0.2, 0.25) is 17.2 Å². The van der Waals surface area contributed by atoms with Crippen LogP contribution < -0.4 is 0 Å². The van der Waals surface area contributed by atoms with Crippen molar-refractivity contribution in [2.45, 2.75) is 38.2 Å². The molecular formula is C11H14O5. The molecule has 0 aliphatic heterocycles. The molecule has 1 unspecified atom stereocenters. The van der Waals surface area contributed by atoms with Crippen molar-refractivity contribution in [3.63, 3.8) is 0 Å². The Bertz CT molecular complexity index is 369. The minimum atomic E-state index is -2.24. The van der Waals surface area contributed by atoms with Gasteiger partial charge < -0.3 is 9.84 Å². The molecule has 1 spiro atoms. The summed E-state index contributed by atoms with van der Waals surface area (Å²) in [6, 6.07) is 0. The fourth-order valence-electron chi connectivity index (χ4n) is 2.15. The van der Waals surface area contributed by atoms with Crippen LogP contribution in [0.5, 0.6) is 0 Å². The zero-order valence-corrected chi connectivity index (χ0v) is 9.12. The minimum Gasteiger partial charge on any atom is -0.464 e. The van der Waals surface area contributed by atoms with E-state index >= 15 is 0 Å². The number of carbonyl (C=O) groups is 3. The Labute approximate surface area is 92.8 Å². The quantitative estimate of drug-likeness (QED) is 0.407. The summed E-state index contributed by atoms with van der Waals surface area (Å²) in [4.78, 5) is 34.9. The summed E-state index contributed by atoms with van der Waals surface area (Å²) >= 11 is 0. The molecule has 5 heteroatoms. The number of aliphatic hydroxyl groups is 1. The lowest BCUT2D eigenvalue weighted by Gasteiger charge is -2.31. The third kappa shape index (κ3) is 1.38. The van der Waals surface area contributed by atoms with Gasteiger partial charge >= 0.3 is 5.97 Å². The molecule has 2 aliphatic carbocycles. The van der Waals surface area contributed by atoms with E-state index in [1.165, 1.54) is 0 Å². The highest BCUT2D eigenvalue weighted by molar-refractivity contribution is 6.47. The first-order valence-electron chi connectivity index (χ1n) is 5.45. The highest BCUT2D eigenvalue weighted by Crippen LogP contribution is 2.54. The number of ether oxygens (including phenoxy) is 1. The molecule has 2 fully saturated rings. The molecule has 2 rings (SSSR count). The van der Waals surface area contributed by atoms with Gasteiger partial charge in [0, 0.05) is 5.41 Å². The normalized spacial score (nSPS) is 31.6. The smallest absolute Gasteiger partial charge is 0.346 e. The summed E-state index contributed by atoms with van der Waals surface area (Å²) in [5, 5.41) is 9.92. The van der Waals surface area contributed by atoms with Crippen LogP contribution in [0, 0.1) is 5.41 Å². The molecule has 0 aromatic carbocycles. The molecule has 0 amide bonds. The van der Waals surface area contributed by atoms with Crippen LogP contribution in [0.4, 0.5) is 0 Å². The van der Waals surface area contributed by atoms with Crippen molar-refractivity contribution >= 4 is 17.5 Å². The summed E-state index contributed by atoms with van der Waals surface area (Å²) < 4.78 is 4.63. The van der Waals surface area contributed by atoms with Crippen molar-refractivity contribution in [3.05, 3.63) is 0 Å². The Kier molecular flexibility index (Phi) is 2.38. The third-order valence-electron chi connectivity index (χ3n) is 3.50. The largest absolute Gasteiger partial charge is 0.464 e.